The van der Waals surface area contributed by atoms with Crippen LogP contribution in [0.1, 0.15) is 9.67 Å². The molecule has 0 aliphatic carbocycles. The first kappa shape index (κ1) is 16.5. The molecule has 0 aliphatic heterocycles. The second-order valence-corrected chi connectivity index (χ2v) is 5.01. The molecule has 0 atom stereocenters. The van der Waals surface area contributed by atoms with Gasteiger partial charge in [-0.05, 0) is 0 Å². The maximum atomic E-state index is 11.8. The number of hydrogen-bond donors (Lipinski definition) is 2. The van der Waals surface area contributed by atoms with Crippen LogP contribution in [0.15, 0.2) is 0 Å². The maximum Gasteiger partial charge on any atom is 0.411 e. The first-order chi connectivity index (χ1) is 9.20. The van der Waals surface area contributed by atoms with Crippen molar-refractivity contribution in [1.82, 2.24) is 10.3 Å². The number of alkyl halides is 3. The number of nitrogens with zero attached hydrogens (tertiary/aromatic N) is 2. The number of amides is 1. The van der Waals surface area contributed by atoms with Crippen molar-refractivity contribution < 1.29 is 22.7 Å². The van der Waals surface area contributed by atoms with Crippen molar-refractivity contribution in [3.63, 3.8) is 0 Å². The number of nitrogens with two attached hydrogens (primary N) is 1. The van der Waals surface area contributed by atoms with Crippen molar-refractivity contribution in [2.24, 2.45) is 0 Å². The van der Waals surface area contributed by atoms with Crippen LogP contribution < -0.4 is 16.0 Å². The van der Waals surface area contributed by atoms with Gasteiger partial charge >= 0.3 is 6.18 Å². The number of hydrogen-bond acceptors (Lipinski definition) is 6. The Kier molecular flexibility index (Phi) is 5.57. The average molecular weight is 312 g/mol. The van der Waals surface area contributed by atoms with E-state index < -0.39 is 18.7 Å². The van der Waals surface area contributed by atoms with Crippen LogP contribution in [-0.2, 0) is 4.74 Å². The van der Waals surface area contributed by atoms with Crippen molar-refractivity contribution in [3.05, 3.63) is 4.88 Å². The highest BCUT2D eigenvalue weighted by molar-refractivity contribution is 7.18. The third-order valence-corrected chi connectivity index (χ3v) is 3.27. The average Bonchev–Trinajstić information content (AvgIpc) is 2.69. The van der Waals surface area contributed by atoms with E-state index in [0.717, 1.165) is 11.3 Å². The van der Waals surface area contributed by atoms with Crippen molar-refractivity contribution in [2.75, 3.05) is 44.5 Å². The normalized spacial score (nSPS) is 11.4. The summed E-state index contributed by atoms with van der Waals surface area (Å²) >= 11 is 1.10. The zero-order chi connectivity index (χ0) is 15.3. The maximum absolute atomic E-state index is 11.8. The number of ether oxygens (including phenoxy) is 1. The number of nitrogen functional groups attached to an aromatic ring is 1. The van der Waals surface area contributed by atoms with Gasteiger partial charge in [-0.2, -0.15) is 13.2 Å². The summed E-state index contributed by atoms with van der Waals surface area (Å²) in [5, 5.41) is 2.99. The Morgan fingerprint density at radius 1 is 1.50 bits per heavy atom. The SMILES string of the molecule is CN(C)c1nc(N)c(C(=O)NCCOCC(F)(F)F)s1. The lowest BCUT2D eigenvalue weighted by molar-refractivity contribution is -0.173. The van der Waals surface area contributed by atoms with Gasteiger partial charge in [0.2, 0.25) is 0 Å². The van der Waals surface area contributed by atoms with E-state index in [1.165, 1.54) is 0 Å². The van der Waals surface area contributed by atoms with Gasteiger partial charge in [0.25, 0.3) is 5.91 Å². The summed E-state index contributed by atoms with van der Waals surface area (Å²) in [6.45, 7) is -1.61. The summed E-state index contributed by atoms with van der Waals surface area (Å²) in [6.07, 6.45) is -4.37. The van der Waals surface area contributed by atoms with Gasteiger partial charge in [0, 0.05) is 20.6 Å². The van der Waals surface area contributed by atoms with E-state index in [9.17, 15) is 18.0 Å². The van der Waals surface area contributed by atoms with Crippen LogP contribution in [0.5, 0.6) is 0 Å². The van der Waals surface area contributed by atoms with Gasteiger partial charge in [0.15, 0.2) is 5.13 Å². The number of carbonyl (C=O) groups excluding carboxylic acids is 1. The number of halogens is 3. The van der Waals surface area contributed by atoms with Crippen molar-refractivity contribution >= 4 is 28.2 Å². The fraction of sp³-hybridized carbons (Fsp3) is 0.600. The molecular formula is C10H15F3N4O2S. The fourth-order valence-corrected chi connectivity index (χ4v) is 2.00. The molecule has 0 radical (unpaired) electrons. The Balaban J connectivity index is 2.40. The minimum atomic E-state index is -4.37. The molecule has 0 saturated carbocycles. The summed E-state index contributed by atoms with van der Waals surface area (Å²) in [6, 6.07) is 0. The fourth-order valence-electron chi connectivity index (χ4n) is 1.18. The molecule has 1 aromatic rings. The highest BCUT2D eigenvalue weighted by Crippen LogP contribution is 2.26. The van der Waals surface area contributed by atoms with Crippen LogP contribution in [0.4, 0.5) is 24.1 Å². The second kappa shape index (κ2) is 6.75. The zero-order valence-corrected chi connectivity index (χ0v) is 11.8. The monoisotopic (exact) mass is 312 g/mol. The smallest absolute Gasteiger partial charge is 0.382 e. The molecule has 0 aromatic carbocycles. The Morgan fingerprint density at radius 2 is 2.15 bits per heavy atom. The summed E-state index contributed by atoms with van der Waals surface area (Å²) < 4.78 is 39.8. The molecule has 1 heterocycles. The van der Waals surface area contributed by atoms with Gasteiger partial charge in [0.05, 0.1) is 6.61 Å². The lowest BCUT2D eigenvalue weighted by atomic mass is 10.4. The molecule has 3 N–H and O–H groups in total. The summed E-state index contributed by atoms with van der Waals surface area (Å²) in [5.41, 5.74) is 5.60. The van der Waals surface area contributed by atoms with E-state index in [1.807, 2.05) is 0 Å². The van der Waals surface area contributed by atoms with Crippen molar-refractivity contribution in [1.29, 1.82) is 0 Å². The zero-order valence-electron chi connectivity index (χ0n) is 11.0. The van der Waals surface area contributed by atoms with Crippen molar-refractivity contribution in [2.45, 2.75) is 6.18 Å². The minimum absolute atomic E-state index is 0.0381. The van der Waals surface area contributed by atoms with Gasteiger partial charge in [-0.1, -0.05) is 11.3 Å². The first-order valence-corrected chi connectivity index (χ1v) is 6.38. The van der Waals surface area contributed by atoms with Gasteiger partial charge in [0.1, 0.15) is 17.3 Å². The minimum Gasteiger partial charge on any atom is -0.382 e. The van der Waals surface area contributed by atoms with E-state index in [1.54, 1.807) is 19.0 Å². The molecule has 20 heavy (non-hydrogen) atoms. The van der Waals surface area contributed by atoms with Crippen LogP contribution in [-0.4, -0.2) is 50.9 Å². The van der Waals surface area contributed by atoms with Gasteiger partial charge in [-0.3, -0.25) is 4.79 Å². The number of carbonyl (C=O) groups is 1. The van der Waals surface area contributed by atoms with Crippen LogP contribution in [0.2, 0.25) is 0 Å². The van der Waals surface area contributed by atoms with Crippen LogP contribution >= 0.6 is 11.3 Å². The molecule has 0 saturated heterocycles. The third-order valence-electron chi connectivity index (χ3n) is 2.03. The molecule has 10 heteroatoms. The third kappa shape index (κ3) is 5.21. The Morgan fingerprint density at radius 3 is 2.65 bits per heavy atom. The first-order valence-electron chi connectivity index (χ1n) is 5.57. The predicted molar refractivity (Wildman–Crippen MR) is 70.1 cm³/mol. The predicted octanol–water partition coefficient (Wildman–Crippen LogP) is 1.10. The molecule has 1 amide bonds. The number of aromatic nitrogens is 1. The molecule has 1 rings (SSSR count). The highest BCUT2D eigenvalue weighted by atomic mass is 32.1. The molecule has 0 bridgehead atoms. The molecule has 0 unspecified atom stereocenters. The van der Waals surface area contributed by atoms with Crippen LogP contribution in [0.3, 0.4) is 0 Å². The summed E-state index contributed by atoms with van der Waals surface area (Å²) in [4.78, 5) is 17.7. The van der Waals surface area contributed by atoms with E-state index in [2.05, 4.69) is 15.0 Å². The Labute approximate surface area is 117 Å². The molecule has 0 fully saturated rings. The van der Waals surface area contributed by atoms with E-state index in [-0.39, 0.29) is 23.8 Å². The van der Waals surface area contributed by atoms with Gasteiger partial charge in [-0.15, -0.1) is 0 Å². The molecule has 114 valence electrons. The lowest BCUT2D eigenvalue weighted by Crippen LogP contribution is -2.28. The van der Waals surface area contributed by atoms with Gasteiger partial charge < -0.3 is 20.7 Å². The molecule has 1 aromatic heterocycles. The highest BCUT2D eigenvalue weighted by Gasteiger charge is 2.27. The van der Waals surface area contributed by atoms with Crippen LogP contribution in [0, 0.1) is 0 Å². The van der Waals surface area contributed by atoms with E-state index in [4.69, 9.17) is 5.73 Å². The molecule has 0 spiro atoms. The topological polar surface area (TPSA) is 80.5 Å². The van der Waals surface area contributed by atoms with E-state index in [0.29, 0.717) is 5.13 Å². The Hall–Kier alpha value is -1.55. The standard InChI is InChI=1S/C10H15F3N4O2S/c1-17(2)9-16-7(14)6(20-9)8(18)15-3-4-19-5-10(11,12)13/h3-5,14H2,1-2H3,(H,15,18). The molecule has 6 nitrogen and oxygen atoms in total. The number of nitrogens with one attached hydrogen (secondary N) is 1. The van der Waals surface area contributed by atoms with E-state index >= 15 is 0 Å². The van der Waals surface area contributed by atoms with Crippen molar-refractivity contribution in [3.8, 4) is 0 Å². The summed E-state index contributed by atoms with van der Waals surface area (Å²) in [5.74, 6) is -0.392. The summed E-state index contributed by atoms with van der Waals surface area (Å²) in [7, 11) is 3.51. The number of thiazole rings is 1. The largest absolute Gasteiger partial charge is 0.411 e. The second-order valence-electron chi connectivity index (χ2n) is 4.03. The Bertz CT molecular complexity index is 462. The van der Waals surface area contributed by atoms with Gasteiger partial charge in [-0.25, -0.2) is 4.98 Å². The molecule has 0 aliphatic rings. The number of anilines is 2. The van der Waals surface area contributed by atoms with Crippen LogP contribution in [0.25, 0.3) is 0 Å². The lowest BCUT2D eigenvalue weighted by Gasteiger charge is -2.08. The number of rotatable bonds is 6. The molecular weight excluding hydrogens is 297 g/mol. The quantitative estimate of drug-likeness (QED) is 0.769.